The minimum absolute atomic E-state index is 0.0678. The molecule has 29 heavy (non-hydrogen) atoms. The molecule has 2 aliphatic carbocycles. The zero-order valence-electron chi connectivity index (χ0n) is 16.4. The molecule has 0 radical (unpaired) electrons. The van der Waals surface area contributed by atoms with Crippen molar-refractivity contribution in [3.05, 3.63) is 48.4 Å². The number of anilines is 1. The third kappa shape index (κ3) is 4.64. The van der Waals surface area contributed by atoms with Crippen LogP contribution >= 0.6 is 0 Å². The van der Waals surface area contributed by atoms with Gasteiger partial charge in [-0.1, -0.05) is 6.42 Å². The first-order valence-electron chi connectivity index (χ1n) is 10.1. The summed E-state index contributed by atoms with van der Waals surface area (Å²) >= 11 is 0. The van der Waals surface area contributed by atoms with Gasteiger partial charge in [0.25, 0.3) is 0 Å². The second kappa shape index (κ2) is 8.20. The maximum absolute atomic E-state index is 12.8. The van der Waals surface area contributed by atoms with Crippen LogP contribution in [0.5, 0.6) is 0 Å². The Morgan fingerprint density at radius 1 is 1.17 bits per heavy atom. The number of amides is 2. The number of hydrogen-bond donors (Lipinski definition) is 3. The van der Waals surface area contributed by atoms with Crippen molar-refractivity contribution in [2.75, 3.05) is 5.32 Å². The van der Waals surface area contributed by atoms with Gasteiger partial charge in [-0.05, 0) is 74.3 Å². The molecule has 2 aromatic rings. The van der Waals surface area contributed by atoms with Crippen molar-refractivity contribution in [3.63, 3.8) is 0 Å². The summed E-state index contributed by atoms with van der Waals surface area (Å²) in [7, 11) is -3.59. The minimum Gasteiger partial charge on any atom is -0.472 e. The molecule has 2 amide bonds. The second-order valence-corrected chi connectivity index (χ2v) is 9.93. The lowest BCUT2D eigenvalue weighted by molar-refractivity contribution is 0.251. The normalized spacial score (nSPS) is 24.4. The van der Waals surface area contributed by atoms with Crippen molar-refractivity contribution in [1.29, 1.82) is 0 Å². The lowest BCUT2D eigenvalue weighted by Gasteiger charge is -2.28. The number of sulfonamides is 1. The van der Waals surface area contributed by atoms with E-state index in [4.69, 9.17) is 4.42 Å². The quantitative estimate of drug-likeness (QED) is 0.639. The Kier molecular flexibility index (Phi) is 5.65. The maximum atomic E-state index is 12.8. The van der Waals surface area contributed by atoms with Gasteiger partial charge in [-0.25, -0.2) is 17.9 Å². The largest absolute Gasteiger partial charge is 0.472 e. The van der Waals surface area contributed by atoms with Gasteiger partial charge >= 0.3 is 6.03 Å². The van der Waals surface area contributed by atoms with Crippen LogP contribution in [0.15, 0.2) is 52.2 Å². The van der Waals surface area contributed by atoms with E-state index in [1.165, 1.54) is 31.4 Å². The molecule has 1 aromatic heterocycles. The highest BCUT2D eigenvalue weighted by Crippen LogP contribution is 2.49. The summed E-state index contributed by atoms with van der Waals surface area (Å²) in [5, 5.41) is 5.40. The Hall–Kier alpha value is -2.32. The minimum atomic E-state index is -3.59. The molecule has 2 aliphatic rings. The molecule has 2 saturated carbocycles. The molecule has 0 saturated heterocycles. The fraction of sp³-hybridized carbons (Fsp3) is 0.476. The Morgan fingerprint density at radius 3 is 2.59 bits per heavy atom. The fourth-order valence-electron chi connectivity index (χ4n) is 4.77. The van der Waals surface area contributed by atoms with Crippen molar-refractivity contribution in [3.8, 4) is 0 Å². The molecule has 8 heteroatoms. The van der Waals surface area contributed by atoms with E-state index in [1.807, 2.05) is 6.92 Å². The zero-order chi connectivity index (χ0) is 20.4. The number of nitrogens with one attached hydrogen (secondary N) is 3. The van der Waals surface area contributed by atoms with Crippen LogP contribution < -0.4 is 15.4 Å². The van der Waals surface area contributed by atoms with Crippen molar-refractivity contribution in [2.24, 2.45) is 17.8 Å². The molecular formula is C21H27N3O4S. The van der Waals surface area contributed by atoms with Crippen molar-refractivity contribution >= 4 is 21.7 Å². The third-order valence-electron chi connectivity index (χ3n) is 6.23. The van der Waals surface area contributed by atoms with Gasteiger partial charge in [-0.15, -0.1) is 0 Å². The van der Waals surface area contributed by atoms with E-state index in [9.17, 15) is 13.2 Å². The number of furan rings is 1. The Bertz CT molecular complexity index is 941. The van der Waals surface area contributed by atoms with Gasteiger partial charge in [-0.3, -0.25) is 0 Å². The zero-order valence-corrected chi connectivity index (χ0v) is 17.2. The van der Waals surface area contributed by atoms with Crippen LogP contribution in [0.2, 0.25) is 0 Å². The molecule has 2 fully saturated rings. The predicted molar refractivity (Wildman–Crippen MR) is 110 cm³/mol. The van der Waals surface area contributed by atoms with Crippen LogP contribution in [0.3, 0.4) is 0 Å². The van der Waals surface area contributed by atoms with E-state index >= 15 is 0 Å². The van der Waals surface area contributed by atoms with Crippen molar-refractivity contribution in [2.45, 2.75) is 50.1 Å². The molecule has 3 N–H and O–H groups in total. The summed E-state index contributed by atoms with van der Waals surface area (Å²) in [5.74, 6) is 1.87. The Labute approximate surface area is 171 Å². The van der Waals surface area contributed by atoms with Crippen molar-refractivity contribution in [1.82, 2.24) is 10.0 Å². The summed E-state index contributed by atoms with van der Waals surface area (Å²) in [6, 6.07) is 7.54. The first-order chi connectivity index (χ1) is 13.9. The van der Waals surface area contributed by atoms with E-state index < -0.39 is 10.0 Å². The molecule has 2 bridgehead atoms. The molecule has 7 nitrogen and oxygen atoms in total. The van der Waals surface area contributed by atoms with Gasteiger partial charge in [0.2, 0.25) is 10.0 Å². The van der Waals surface area contributed by atoms with Crippen LogP contribution in [0.1, 0.15) is 38.2 Å². The molecule has 1 aromatic carbocycles. The monoisotopic (exact) mass is 417 g/mol. The Morgan fingerprint density at radius 2 is 1.97 bits per heavy atom. The van der Waals surface area contributed by atoms with Crippen molar-refractivity contribution < 1.29 is 17.6 Å². The second-order valence-electron chi connectivity index (χ2n) is 8.21. The smallest absolute Gasteiger partial charge is 0.319 e. The van der Waals surface area contributed by atoms with Crippen LogP contribution in [-0.2, 0) is 16.6 Å². The van der Waals surface area contributed by atoms with Crippen LogP contribution in [0.25, 0.3) is 0 Å². The highest BCUT2D eigenvalue weighted by atomic mass is 32.2. The highest BCUT2D eigenvalue weighted by Gasteiger charge is 2.42. The molecule has 0 spiro atoms. The number of urea groups is 1. The lowest BCUT2D eigenvalue weighted by Crippen LogP contribution is -2.40. The van der Waals surface area contributed by atoms with E-state index in [2.05, 4.69) is 15.4 Å². The fourth-order valence-corrected chi connectivity index (χ4v) is 6.07. The number of carbonyl (C=O) groups excluding carboxylic acids is 1. The topological polar surface area (TPSA) is 100 Å². The molecule has 156 valence electrons. The van der Waals surface area contributed by atoms with E-state index in [0.717, 1.165) is 17.9 Å². The SMILES string of the molecule is C[C@H](NS(=O)(=O)c1ccc(NC(=O)NCc2ccoc2)cc1)[C@H]1C[C@@H]2CC[C@@H]1C2. The lowest BCUT2D eigenvalue weighted by atomic mass is 9.84. The average Bonchev–Trinajstić information content (AvgIpc) is 3.44. The number of carbonyl (C=O) groups is 1. The summed E-state index contributed by atoms with van der Waals surface area (Å²) in [6.45, 7) is 2.32. The van der Waals surface area contributed by atoms with Crippen LogP contribution in [0, 0.1) is 17.8 Å². The van der Waals surface area contributed by atoms with Crippen LogP contribution in [-0.4, -0.2) is 20.5 Å². The Balaban J connectivity index is 1.32. The van der Waals surface area contributed by atoms with Gasteiger partial charge in [0.05, 0.1) is 17.4 Å². The van der Waals surface area contributed by atoms with Crippen LogP contribution in [0.4, 0.5) is 10.5 Å². The molecule has 4 atom stereocenters. The van der Waals surface area contributed by atoms with Gasteiger partial charge < -0.3 is 15.1 Å². The number of hydrogen-bond acceptors (Lipinski definition) is 4. The van der Waals surface area contributed by atoms with Gasteiger partial charge in [-0.2, -0.15) is 0 Å². The van der Waals surface area contributed by atoms with E-state index in [1.54, 1.807) is 30.7 Å². The first-order valence-corrected chi connectivity index (χ1v) is 11.6. The number of fused-ring (bicyclic) bond motifs is 2. The number of benzene rings is 1. The summed E-state index contributed by atoms with van der Waals surface area (Å²) < 4.78 is 33.3. The van der Waals surface area contributed by atoms with Gasteiger partial charge in [0.15, 0.2) is 0 Å². The third-order valence-corrected chi connectivity index (χ3v) is 7.81. The van der Waals surface area contributed by atoms with Gasteiger partial charge in [0.1, 0.15) is 0 Å². The summed E-state index contributed by atoms with van der Waals surface area (Å²) in [6.07, 6.45) is 8.00. The number of rotatable bonds is 7. The molecular weight excluding hydrogens is 390 g/mol. The summed E-state index contributed by atoms with van der Waals surface area (Å²) in [5.41, 5.74) is 1.38. The maximum Gasteiger partial charge on any atom is 0.319 e. The summed E-state index contributed by atoms with van der Waals surface area (Å²) in [4.78, 5) is 12.2. The molecule has 0 aliphatic heterocycles. The molecule has 0 unspecified atom stereocenters. The molecule has 1 heterocycles. The highest BCUT2D eigenvalue weighted by molar-refractivity contribution is 7.89. The van der Waals surface area contributed by atoms with Gasteiger partial charge in [0, 0.05) is 23.8 Å². The van der Waals surface area contributed by atoms with E-state index in [-0.39, 0.29) is 17.0 Å². The molecule has 4 rings (SSSR count). The van der Waals surface area contributed by atoms with E-state index in [0.29, 0.717) is 24.1 Å². The predicted octanol–water partition coefficient (Wildman–Crippen LogP) is 3.70. The standard InChI is InChI=1S/C21H27N3O4S/c1-14(20-11-15-2-3-17(20)10-15)24-29(26,27)19-6-4-18(5-7-19)23-21(25)22-12-16-8-9-28-13-16/h4-9,13-15,17,20,24H,2-3,10-12H2,1H3,(H2,22,23,25)/t14-,15+,17+,20+/m0/s1. The first kappa shape index (κ1) is 20.0. The average molecular weight is 418 g/mol.